The SMILES string of the molecule is CCCCN=C(NN)N1CCCC(CC)C1. The lowest BCUT2D eigenvalue weighted by molar-refractivity contribution is 0.247. The van der Waals surface area contributed by atoms with Crippen LogP contribution in [-0.4, -0.2) is 30.5 Å². The molecule has 0 bridgehead atoms. The molecule has 4 nitrogen and oxygen atoms in total. The summed E-state index contributed by atoms with van der Waals surface area (Å²) in [6.45, 7) is 7.51. The van der Waals surface area contributed by atoms with Crippen LogP contribution in [0.25, 0.3) is 0 Å². The van der Waals surface area contributed by atoms with Gasteiger partial charge in [-0.25, -0.2) is 5.84 Å². The molecule has 0 aromatic heterocycles. The molecule has 1 heterocycles. The van der Waals surface area contributed by atoms with Crippen molar-refractivity contribution >= 4 is 5.96 Å². The van der Waals surface area contributed by atoms with Gasteiger partial charge in [0, 0.05) is 19.6 Å². The van der Waals surface area contributed by atoms with Gasteiger partial charge in [-0.1, -0.05) is 26.7 Å². The maximum absolute atomic E-state index is 5.55. The van der Waals surface area contributed by atoms with Crippen molar-refractivity contribution < 1.29 is 0 Å². The summed E-state index contributed by atoms with van der Waals surface area (Å²) in [6, 6.07) is 0. The summed E-state index contributed by atoms with van der Waals surface area (Å²) >= 11 is 0. The van der Waals surface area contributed by atoms with Gasteiger partial charge in [-0.15, -0.1) is 0 Å². The minimum atomic E-state index is 0.804. The standard InChI is InChI=1S/C12H26N4/c1-3-5-8-14-12(15-13)16-9-6-7-11(4-2)10-16/h11H,3-10,13H2,1-2H3,(H,14,15). The first kappa shape index (κ1) is 13.3. The number of hydrogen-bond donors (Lipinski definition) is 2. The van der Waals surface area contributed by atoms with Gasteiger partial charge in [-0.2, -0.15) is 0 Å². The van der Waals surface area contributed by atoms with Crippen LogP contribution in [0.4, 0.5) is 0 Å². The van der Waals surface area contributed by atoms with E-state index < -0.39 is 0 Å². The molecule has 3 N–H and O–H groups in total. The predicted molar refractivity (Wildman–Crippen MR) is 69.1 cm³/mol. The number of nitrogens with zero attached hydrogens (tertiary/aromatic N) is 2. The van der Waals surface area contributed by atoms with Crippen molar-refractivity contribution in [2.45, 2.75) is 46.0 Å². The molecule has 0 spiro atoms. The molecule has 1 unspecified atom stereocenters. The Morgan fingerprint density at radius 2 is 2.31 bits per heavy atom. The van der Waals surface area contributed by atoms with Crippen molar-refractivity contribution in [3.63, 3.8) is 0 Å². The fourth-order valence-electron chi connectivity index (χ4n) is 2.17. The summed E-state index contributed by atoms with van der Waals surface area (Å²) in [6.07, 6.45) is 6.17. The number of piperidine rings is 1. The zero-order valence-electron chi connectivity index (χ0n) is 10.7. The molecule has 0 radical (unpaired) electrons. The summed E-state index contributed by atoms with van der Waals surface area (Å²) in [5.41, 5.74) is 2.75. The Hall–Kier alpha value is -0.770. The second-order valence-electron chi connectivity index (χ2n) is 4.57. The summed E-state index contributed by atoms with van der Waals surface area (Å²) < 4.78 is 0. The minimum Gasteiger partial charge on any atom is -0.342 e. The average Bonchev–Trinajstić information content (AvgIpc) is 2.35. The molecule has 1 aliphatic heterocycles. The molecule has 1 fully saturated rings. The number of aliphatic imine (C=N–C) groups is 1. The monoisotopic (exact) mass is 226 g/mol. The Morgan fingerprint density at radius 3 is 2.94 bits per heavy atom. The molecule has 1 aliphatic rings. The van der Waals surface area contributed by atoms with E-state index in [1.54, 1.807) is 0 Å². The van der Waals surface area contributed by atoms with Gasteiger partial charge in [-0.05, 0) is 25.2 Å². The molecule has 94 valence electrons. The first-order valence-electron chi connectivity index (χ1n) is 6.57. The molecule has 0 aromatic carbocycles. The molecular weight excluding hydrogens is 200 g/mol. The maximum atomic E-state index is 5.55. The Kier molecular flexibility index (Phi) is 6.23. The van der Waals surface area contributed by atoms with E-state index in [2.05, 4.69) is 29.2 Å². The highest BCUT2D eigenvalue weighted by Crippen LogP contribution is 2.18. The van der Waals surface area contributed by atoms with Gasteiger partial charge in [-0.3, -0.25) is 10.4 Å². The number of likely N-dealkylation sites (tertiary alicyclic amines) is 1. The van der Waals surface area contributed by atoms with Crippen LogP contribution >= 0.6 is 0 Å². The lowest BCUT2D eigenvalue weighted by Crippen LogP contribution is -2.49. The smallest absolute Gasteiger partial charge is 0.208 e. The quantitative estimate of drug-likeness (QED) is 0.252. The van der Waals surface area contributed by atoms with Crippen LogP contribution < -0.4 is 11.3 Å². The van der Waals surface area contributed by atoms with Gasteiger partial charge in [0.15, 0.2) is 0 Å². The third-order valence-electron chi connectivity index (χ3n) is 3.30. The lowest BCUT2D eigenvalue weighted by atomic mass is 9.96. The zero-order chi connectivity index (χ0) is 11.8. The van der Waals surface area contributed by atoms with Crippen LogP contribution in [-0.2, 0) is 0 Å². The molecule has 0 amide bonds. The first-order chi connectivity index (χ1) is 7.81. The van der Waals surface area contributed by atoms with Crippen molar-refractivity contribution in [2.24, 2.45) is 16.8 Å². The Bertz CT molecular complexity index is 215. The second kappa shape index (κ2) is 7.49. The van der Waals surface area contributed by atoms with E-state index >= 15 is 0 Å². The fourth-order valence-corrected chi connectivity index (χ4v) is 2.17. The molecule has 4 heteroatoms. The summed E-state index contributed by atoms with van der Waals surface area (Å²) in [5, 5.41) is 0. The van der Waals surface area contributed by atoms with Crippen molar-refractivity contribution in [3.05, 3.63) is 0 Å². The van der Waals surface area contributed by atoms with Crippen LogP contribution in [0.15, 0.2) is 4.99 Å². The molecule has 1 atom stereocenters. The van der Waals surface area contributed by atoms with Gasteiger partial charge >= 0.3 is 0 Å². The largest absolute Gasteiger partial charge is 0.342 e. The van der Waals surface area contributed by atoms with Gasteiger partial charge in [0.05, 0.1) is 0 Å². The van der Waals surface area contributed by atoms with E-state index in [0.717, 1.165) is 37.9 Å². The number of hydrogen-bond acceptors (Lipinski definition) is 2. The summed E-state index contributed by atoms with van der Waals surface area (Å²) in [7, 11) is 0. The van der Waals surface area contributed by atoms with Gasteiger partial charge in [0.2, 0.25) is 5.96 Å². The Morgan fingerprint density at radius 1 is 1.50 bits per heavy atom. The van der Waals surface area contributed by atoms with Gasteiger partial charge in [0.1, 0.15) is 0 Å². The normalized spacial score (nSPS) is 22.3. The third-order valence-corrected chi connectivity index (χ3v) is 3.30. The number of hydrazine groups is 1. The zero-order valence-corrected chi connectivity index (χ0v) is 10.7. The van der Waals surface area contributed by atoms with Gasteiger partial charge < -0.3 is 4.90 Å². The highest BCUT2D eigenvalue weighted by molar-refractivity contribution is 5.79. The van der Waals surface area contributed by atoms with Crippen molar-refractivity contribution in [1.82, 2.24) is 10.3 Å². The third kappa shape index (κ3) is 4.00. The van der Waals surface area contributed by atoms with Crippen LogP contribution in [0.3, 0.4) is 0 Å². The highest BCUT2D eigenvalue weighted by atomic mass is 15.4. The second-order valence-corrected chi connectivity index (χ2v) is 4.57. The molecule has 1 saturated heterocycles. The number of guanidine groups is 1. The number of unbranched alkanes of at least 4 members (excludes halogenated alkanes) is 1. The summed E-state index contributed by atoms with van der Waals surface area (Å²) in [4.78, 5) is 6.83. The highest BCUT2D eigenvalue weighted by Gasteiger charge is 2.20. The first-order valence-corrected chi connectivity index (χ1v) is 6.57. The van der Waals surface area contributed by atoms with Crippen molar-refractivity contribution in [3.8, 4) is 0 Å². The van der Waals surface area contributed by atoms with Crippen LogP contribution in [0.1, 0.15) is 46.0 Å². The molecule has 1 rings (SSSR count). The molecule has 0 aliphatic carbocycles. The maximum Gasteiger partial charge on any atom is 0.208 e. The van der Waals surface area contributed by atoms with E-state index in [4.69, 9.17) is 5.84 Å². The van der Waals surface area contributed by atoms with Gasteiger partial charge in [0.25, 0.3) is 0 Å². The predicted octanol–water partition coefficient (Wildman–Crippen LogP) is 1.73. The molecule has 0 saturated carbocycles. The fraction of sp³-hybridized carbons (Fsp3) is 0.917. The Balaban J connectivity index is 2.47. The average molecular weight is 226 g/mol. The van der Waals surface area contributed by atoms with E-state index in [-0.39, 0.29) is 0 Å². The topological polar surface area (TPSA) is 53.6 Å². The van der Waals surface area contributed by atoms with E-state index in [0.29, 0.717) is 0 Å². The van der Waals surface area contributed by atoms with E-state index in [1.807, 2.05) is 0 Å². The van der Waals surface area contributed by atoms with Crippen LogP contribution in [0.5, 0.6) is 0 Å². The van der Waals surface area contributed by atoms with E-state index in [9.17, 15) is 0 Å². The molecular formula is C12H26N4. The van der Waals surface area contributed by atoms with Crippen molar-refractivity contribution in [2.75, 3.05) is 19.6 Å². The van der Waals surface area contributed by atoms with E-state index in [1.165, 1.54) is 25.7 Å². The number of nitrogens with one attached hydrogen (secondary N) is 1. The van der Waals surface area contributed by atoms with Crippen LogP contribution in [0.2, 0.25) is 0 Å². The number of rotatable bonds is 4. The molecule has 16 heavy (non-hydrogen) atoms. The summed E-state index contributed by atoms with van der Waals surface area (Å²) in [5.74, 6) is 7.24. The lowest BCUT2D eigenvalue weighted by Gasteiger charge is -2.34. The van der Waals surface area contributed by atoms with Crippen molar-refractivity contribution in [1.29, 1.82) is 0 Å². The van der Waals surface area contributed by atoms with Crippen LogP contribution in [0, 0.1) is 5.92 Å². The molecule has 0 aromatic rings. The number of nitrogens with two attached hydrogens (primary N) is 1. The minimum absolute atomic E-state index is 0.804. The Labute approximate surface area is 99.3 Å².